The lowest BCUT2D eigenvalue weighted by molar-refractivity contribution is -0.149. The van der Waals surface area contributed by atoms with E-state index in [9.17, 15) is 23.9 Å². The predicted molar refractivity (Wildman–Crippen MR) is 131 cm³/mol. The van der Waals surface area contributed by atoms with Crippen LogP contribution in [0.15, 0.2) is 52.2 Å². The molecule has 0 unspecified atom stereocenters. The molecule has 3 atom stereocenters. The largest absolute Gasteiger partial charge is 0.463 e. The molecular weight excluding hydrogens is 493 g/mol. The normalized spacial score (nSPS) is 19.3. The van der Waals surface area contributed by atoms with Crippen molar-refractivity contribution in [1.82, 2.24) is 9.55 Å². The Morgan fingerprint density at radius 3 is 2.83 bits per heavy atom. The molecule has 0 bridgehead atoms. The first-order valence-corrected chi connectivity index (χ1v) is 11.6. The Kier molecular flexibility index (Phi) is 7.58. The number of nitrogens with zero attached hydrogens (tertiary/aromatic N) is 1. The van der Waals surface area contributed by atoms with Crippen LogP contribution in [0.2, 0.25) is 5.02 Å². The van der Waals surface area contributed by atoms with E-state index in [4.69, 9.17) is 21.1 Å². The number of rotatable bonds is 7. The maximum Gasteiger partial charge on any atom is 0.330 e. The Hall–Kier alpha value is -3.47. The zero-order valence-electron chi connectivity index (χ0n) is 19.6. The van der Waals surface area contributed by atoms with Crippen LogP contribution in [-0.2, 0) is 20.7 Å². The first-order chi connectivity index (χ1) is 17.1. The smallest absolute Gasteiger partial charge is 0.330 e. The van der Waals surface area contributed by atoms with Crippen LogP contribution in [0.4, 0.5) is 15.8 Å². The number of halogens is 2. The van der Waals surface area contributed by atoms with E-state index in [1.54, 1.807) is 25.1 Å². The van der Waals surface area contributed by atoms with Gasteiger partial charge in [0, 0.05) is 23.9 Å². The molecule has 0 radical (unpaired) electrons. The number of benzene rings is 2. The third-order valence-electron chi connectivity index (χ3n) is 5.89. The Morgan fingerprint density at radius 1 is 1.31 bits per heavy atom. The van der Waals surface area contributed by atoms with Gasteiger partial charge in [0.1, 0.15) is 24.8 Å². The molecule has 2 heterocycles. The van der Waals surface area contributed by atoms with Crippen LogP contribution in [0.25, 0.3) is 0 Å². The number of ether oxygens (including phenoxy) is 2. The Morgan fingerprint density at radius 2 is 2.08 bits per heavy atom. The lowest BCUT2D eigenvalue weighted by atomic mass is 10.1. The molecule has 9 nitrogen and oxygen atoms in total. The number of aliphatic hydroxyl groups is 1. The second kappa shape index (κ2) is 10.7. The average molecular weight is 518 g/mol. The highest BCUT2D eigenvalue weighted by Crippen LogP contribution is 2.31. The molecule has 1 aliphatic heterocycles. The van der Waals surface area contributed by atoms with Crippen molar-refractivity contribution in [2.45, 2.75) is 45.1 Å². The van der Waals surface area contributed by atoms with Crippen molar-refractivity contribution in [3.63, 3.8) is 0 Å². The molecule has 190 valence electrons. The first kappa shape index (κ1) is 25.6. The number of hydrogen-bond donors (Lipinski definition) is 3. The van der Waals surface area contributed by atoms with Crippen LogP contribution in [0, 0.1) is 19.7 Å². The molecule has 0 aliphatic carbocycles. The van der Waals surface area contributed by atoms with E-state index in [1.807, 2.05) is 13.0 Å². The van der Waals surface area contributed by atoms with E-state index >= 15 is 0 Å². The summed E-state index contributed by atoms with van der Waals surface area (Å²) in [5.41, 5.74) is 1.22. The fraction of sp³-hybridized carbons (Fsp3) is 0.320. The maximum atomic E-state index is 14.2. The minimum absolute atomic E-state index is 0.0863. The van der Waals surface area contributed by atoms with E-state index in [-0.39, 0.29) is 30.2 Å². The number of anilines is 2. The number of aromatic nitrogens is 2. The summed E-state index contributed by atoms with van der Waals surface area (Å²) in [5, 5.41) is 13.5. The van der Waals surface area contributed by atoms with Gasteiger partial charge in [-0.1, -0.05) is 35.4 Å². The maximum absolute atomic E-state index is 14.2. The lowest BCUT2D eigenvalue weighted by Gasteiger charge is -2.17. The number of H-pyrrole nitrogens is 1. The van der Waals surface area contributed by atoms with Gasteiger partial charge in [0.25, 0.3) is 5.56 Å². The van der Waals surface area contributed by atoms with Crippen molar-refractivity contribution >= 4 is 28.9 Å². The van der Waals surface area contributed by atoms with Gasteiger partial charge in [0.05, 0.1) is 23.2 Å². The van der Waals surface area contributed by atoms with Gasteiger partial charge in [-0.3, -0.25) is 19.1 Å². The summed E-state index contributed by atoms with van der Waals surface area (Å²) in [5.74, 6) is -1.12. The van der Waals surface area contributed by atoms with Gasteiger partial charge in [-0.2, -0.15) is 0 Å². The van der Waals surface area contributed by atoms with Crippen LogP contribution < -0.4 is 16.6 Å². The molecule has 1 fully saturated rings. The van der Waals surface area contributed by atoms with Gasteiger partial charge in [-0.15, -0.1) is 0 Å². The lowest BCUT2D eigenvalue weighted by Crippen LogP contribution is -2.33. The highest BCUT2D eigenvalue weighted by Gasteiger charge is 2.36. The van der Waals surface area contributed by atoms with Crippen molar-refractivity contribution in [2.75, 3.05) is 11.9 Å². The summed E-state index contributed by atoms with van der Waals surface area (Å²) in [6, 6.07) is 9.64. The number of hydrogen-bond acceptors (Lipinski definition) is 7. The van der Waals surface area contributed by atoms with Crippen LogP contribution >= 0.6 is 11.6 Å². The quantitative estimate of drug-likeness (QED) is 0.411. The van der Waals surface area contributed by atoms with E-state index in [1.165, 1.54) is 22.9 Å². The summed E-state index contributed by atoms with van der Waals surface area (Å²) < 4.78 is 26.5. The average Bonchev–Trinajstić information content (AvgIpc) is 3.19. The predicted octanol–water partition coefficient (Wildman–Crippen LogP) is 3.12. The number of aryl methyl sites for hydroxylation is 2. The molecule has 3 N–H and O–H groups in total. The molecule has 2 aromatic carbocycles. The zero-order valence-corrected chi connectivity index (χ0v) is 20.3. The van der Waals surface area contributed by atoms with Gasteiger partial charge in [0.2, 0.25) is 0 Å². The van der Waals surface area contributed by atoms with Gasteiger partial charge < -0.3 is 19.9 Å². The molecule has 0 amide bonds. The fourth-order valence-electron chi connectivity index (χ4n) is 3.96. The fourth-order valence-corrected chi connectivity index (χ4v) is 4.17. The van der Waals surface area contributed by atoms with Crippen LogP contribution in [0.1, 0.15) is 29.3 Å². The van der Waals surface area contributed by atoms with Crippen molar-refractivity contribution in [3.05, 3.63) is 91.0 Å². The van der Waals surface area contributed by atoms with E-state index in [0.29, 0.717) is 16.8 Å². The van der Waals surface area contributed by atoms with Crippen molar-refractivity contribution in [1.29, 1.82) is 0 Å². The minimum Gasteiger partial charge on any atom is -0.463 e. The zero-order chi connectivity index (χ0) is 26.0. The number of nitrogens with one attached hydrogen (secondary N) is 2. The van der Waals surface area contributed by atoms with Crippen molar-refractivity contribution in [3.8, 4) is 0 Å². The van der Waals surface area contributed by atoms with E-state index in [2.05, 4.69) is 10.3 Å². The Bertz CT molecular complexity index is 1390. The number of carbonyl (C=O) groups excluding carboxylic acids is 1. The molecule has 1 aliphatic rings. The number of carbonyl (C=O) groups is 1. The third-order valence-corrected chi connectivity index (χ3v) is 6.20. The third kappa shape index (κ3) is 5.67. The van der Waals surface area contributed by atoms with Gasteiger partial charge in [-0.05, 0) is 37.6 Å². The highest BCUT2D eigenvalue weighted by molar-refractivity contribution is 6.33. The molecule has 0 spiro atoms. The molecule has 11 heteroatoms. The van der Waals surface area contributed by atoms with Gasteiger partial charge >= 0.3 is 11.7 Å². The summed E-state index contributed by atoms with van der Waals surface area (Å²) in [6.45, 7) is 3.17. The van der Waals surface area contributed by atoms with E-state index in [0.717, 1.165) is 5.56 Å². The summed E-state index contributed by atoms with van der Waals surface area (Å²) in [7, 11) is 0. The summed E-state index contributed by atoms with van der Waals surface area (Å²) >= 11 is 6.12. The van der Waals surface area contributed by atoms with Crippen LogP contribution in [0.3, 0.4) is 0 Å². The Labute approximate surface area is 210 Å². The number of aromatic amines is 1. The van der Waals surface area contributed by atoms with Gasteiger partial charge in [-0.25, -0.2) is 9.18 Å². The first-order valence-electron chi connectivity index (χ1n) is 11.2. The molecule has 3 aromatic rings. The Balaban J connectivity index is 1.41. The summed E-state index contributed by atoms with van der Waals surface area (Å²) in [4.78, 5) is 38.5. The molecule has 36 heavy (non-hydrogen) atoms. The number of aliphatic hydroxyl groups excluding tert-OH is 1. The standard InChI is InChI=1S/C25H25ClFN3O6/c1-13-6-7-18(28-23-16(26)4-3-5-17(23)27)15(8-13)9-22(32)35-12-20-19(31)10-21(36-20)30-11-14(2)24(33)29-25(30)34/h3-8,11,19-21,28,31H,9-10,12H2,1-2H3,(H,29,33,34)/t19-,20+,21+/m0/s1. The monoisotopic (exact) mass is 517 g/mol. The molecule has 1 aromatic heterocycles. The summed E-state index contributed by atoms with van der Waals surface area (Å²) in [6.07, 6.45) is -1.33. The molecule has 0 saturated carbocycles. The number of para-hydroxylation sites is 1. The van der Waals surface area contributed by atoms with Crippen molar-refractivity contribution < 1.29 is 23.8 Å². The molecule has 1 saturated heterocycles. The highest BCUT2D eigenvalue weighted by atomic mass is 35.5. The SMILES string of the molecule is Cc1ccc(Nc2c(F)cccc2Cl)c(CC(=O)OC[C@H]2O[C@@H](n3cc(C)c(=O)[nH]c3=O)C[C@@H]2O)c1. The topological polar surface area (TPSA) is 123 Å². The second-order valence-corrected chi connectivity index (χ2v) is 9.06. The number of esters is 1. The van der Waals surface area contributed by atoms with Crippen LogP contribution in [0.5, 0.6) is 0 Å². The van der Waals surface area contributed by atoms with Crippen LogP contribution in [-0.4, -0.2) is 39.4 Å². The molecular formula is C25H25ClFN3O6. The van der Waals surface area contributed by atoms with E-state index < -0.39 is 41.5 Å². The van der Waals surface area contributed by atoms with Crippen molar-refractivity contribution in [2.24, 2.45) is 0 Å². The van der Waals surface area contributed by atoms with Gasteiger partial charge in [0.15, 0.2) is 0 Å². The second-order valence-electron chi connectivity index (χ2n) is 8.65. The molecule has 4 rings (SSSR count). The minimum atomic E-state index is -0.985.